The standard InChI is InChI=1S/C19H31N5O/c1-14(2)21-12-19(25)22-11-16-5-4-10-24(13-16)18-8-6-17(7-9-18)23-15(3)20/h6-9,14,16,21H,4-5,10-13H2,1-3H3,(H2,20,23)(H,22,25). The van der Waals surface area contributed by atoms with Gasteiger partial charge in [0.1, 0.15) is 0 Å². The second-order valence-corrected chi connectivity index (χ2v) is 7.06. The van der Waals surface area contributed by atoms with Crippen LogP contribution in [0.25, 0.3) is 0 Å². The Morgan fingerprint density at radius 2 is 2.08 bits per heavy atom. The second-order valence-electron chi connectivity index (χ2n) is 7.06. The van der Waals surface area contributed by atoms with Crippen molar-refractivity contribution in [1.82, 2.24) is 10.6 Å². The fourth-order valence-electron chi connectivity index (χ4n) is 3.03. The molecule has 1 atom stereocenters. The Labute approximate surface area is 150 Å². The lowest BCUT2D eigenvalue weighted by atomic mass is 9.97. The maximum atomic E-state index is 11.9. The molecule has 0 bridgehead atoms. The highest BCUT2D eigenvalue weighted by atomic mass is 16.1. The highest BCUT2D eigenvalue weighted by Gasteiger charge is 2.20. The van der Waals surface area contributed by atoms with Gasteiger partial charge in [-0.05, 0) is 49.9 Å². The summed E-state index contributed by atoms with van der Waals surface area (Å²) in [5, 5.41) is 6.20. The van der Waals surface area contributed by atoms with E-state index in [1.807, 2.05) is 26.0 Å². The average molecular weight is 345 g/mol. The molecule has 2 rings (SSSR count). The van der Waals surface area contributed by atoms with E-state index in [1.54, 1.807) is 6.92 Å². The van der Waals surface area contributed by atoms with Crippen molar-refractivity contribution in [3.8, 4) is 0 Å². The van der Waals surface area contributed by atoms with Gasteiger partial charge in [0.2, 0.25) is 5.91 Å². The number of nitrogens with one attached hydrogen (secondary N) is 2. The summed E-state index contributed by atoms with van der Waals surface area (Å²) in [6.07, 6.45) is 2.30. The summed E-state index contributed by atoms with van der Waals surface area (Å²) in [4.78, 5) is 18.5. The molecule has 0 spiro atoms. The molecule has 0 aliphatic carbocycles. The number of hydrogen-bond donors (Lipinski definition) is 3. The van der Waals surface area contributed by atoms with Gasteiger partial charge in [0.05, 0.1) is 18.1 Å². The number of amides is 1. The van der Waals surface area contributed by atoms with Crippen LogP contribution >= 0.6 is 0 Å². The van der Waals surface area contributed by atoms with Crippen LogP contribution in [0.1, 0.15) is 33.6 Å². The molecular weight excluding hydrogens is 314 g/mol. The number of carbonyl (C=O) groups excluding carboxylic acids is 1. The summed E-state index contributed by atoms with van der Waals surface area (Å²) in [5.74, 6) is 1.12. The van der Waals surface area contributed by atoms with Crippen LogP contribution in [0.5, 0.6) is 0 Å². The summed E-state index contributed by atoms with van der Waals surface area (Å²) in [6.45, 7) is 9.01. The van der Waals surface area contributed by atoms with Crippen LogP contribution in [0.15, 0.2) is 29.3 Å². The van der Waals surface area contributed by atoms with E-state index in [4.69, 9.17) is 5.73 Å². The summed E-state index contributed by atoms with van der Waals surface area (Å²) in [5.41, 5.74) is 7.70. The van der Waals surface area contributed by atoms with Crippen LogP contribution in [0.3, 0.4) is 0 Å². The van der Waals surface area contributed by atoms with Gasteiger partial charge in [-0.3, -0.25) is 4.79 Å². The number of carbonyl (C=O) groups is 1. The molecule has 138 valence electrons. The molecule has 1 aromatic carbocycles. The van der Waals surface area contributed by atoms with Crippen molar-refractivity contribution in [3.05, 3.63) is 24.3 Å². The molecule has 0 aromatic heterocycles. The van der Waals surface area contributed by atoms with Crippen molar-refractivity contribution < 1.29 is 4.79 Å². The van der Waals surface area contributed by atoms with Crippen LogP contribution in [0.2, 0.25) is 0 Å². The van der Waals surface area contributed by atoms with Gasteiger partial charge in [0, 0.05) is 31.4 Å². The number of rotatable bonds is 7. The Morgan fingerprint density at radius 3 is 2.72 bits per heavy atom. The molecule has 1 aromatic rings. The molecule has 6 heteroatoms. The number of aliphatic imine (C=N–C) groups is 1. The Hall–Kier alpha value is -2.08. The molecular formula is C19H31N5O. The predicted octanol–water partition coefficient (Wildman–Crippen LogP) is 2.03. The Kier molecular flexibility index (Phi) is 7.25. The van der Waals surface area contributed by atoms with Gasteiger partial charge in [0.15, 0.2) is 0 Å². The van der Waals surface area contributed by atoms with Crippen LogP contribution in [0, 0.1) is 5.92 Å². The Morgan fingerprint density at radius 1 is 1.36 bits per heavy atom. The number of amidine groups is 1. The van der Waals surface area contributed by atoms with E-state index in [1.165, 1.54) is 5.69 Å². The number of piperidine rings is 1. The Balaban J connectivity index is 1.84. The van der Waals surface area contributed by atoms with E-state index >= 15 is 0 Å². The minimum absolute atomic E-state index is 0.0743. The number of nitrogens with zero attached hydrogens (tertiary/aromatic N) is 2. The Bertz CT molecular complexity index is 578. The van der Waals surface area contributed by atoms with Crippen molar-refractivity contribution >= 4 is 23.1 Å². The van der Waals surface area contributed by atoms with E-state index in [0.29, 0.717) is 24.3 Å². The van der Waals surface area contributed by atoms with Gasteiger partial charge >= 0.3 is 0 Å². The van der Waals surface area contributed by atoms with Crippen LogP contribution in [0.4, 0.5) is 11.4 Å². The maximum Gasteiger partial charge on any atom is 0.233 e. The van der Waals surface area contributed by atoms with E-state index in [-0.39, 0.29) is 5.91 Å². The highest BCUT2D eigenvalue weighted by molar-refractivity contribution is 5.80. The molecule has 1 saturated heterocycles. The molecule has 6 nitrogen and oxygen atoms in total. The van der Waals surface area contributed by atoms with E-state index in [2.05, 4.69) is 32.7 Å². The fraction of sp³-hybridized carbons (Fsp3) is 0.579. The molecule has 1 fully saturated rings. The quantitative estimate of drug-likeness (QED) is 0.522. The molecule has 0 radical (unpaired) electrons. The molecule has 1 heterocycles. The first-order chi connectivity index (χ1) is 11.9. The monoisotopic (exact) mass is 345 g/mol. The maximum absolute atomic E-state index is 11.9. The third-order valence-corrected chi connectivity index (χ3v) is 4.30. The van der Waals surface area contributed by atoms with Gasteiger partial charge < -0.3 is 21.3 Å². The summed E-state index contributed by atoms with van der Waals surface area (Å²) in [6, 6.07) is 8.50. The van der Waals surface area contributed by atoms with E-state index in [0.717, 1.165) is 38.2 Å². The number of benzene rings is 1. The number of anilines is 1. The third-order valence-electron chi connectivity index (χ3n) is 4.30. The topological polar surface area (TPSA) is 82.8 Å². The summed E-state index contributed by atoms with van der Waals surface area (Å²) >= 11 is 0. The van der Waals surface area contributed by atoms with Gasteiger partial charge in [-0.2, -0.15) is 0 Å². The van der Waals surface area contributed by atoms with Crippen LogP contribution in [-0.2, 0) is 4.79 Å². The minimum atomic E-state index is 0.0743. The second kappa shape index (κ2) is 9.42. The average Bonchev–Trinajstić information content (AvgIpc) is 2.58. The third kappa shape index (κ3) is 6.74. The zero-order valence-electron chi connectivity index (χ0n) is 15.6. The van der Waals surface area contributed by atoms with Crippen molar-refractivity contribution in [2.24, 2.45) is 16.6 Å². The molecule has 1 unspecified atom stereocenters. The molecule has 1 aliphatic rings. The van der Waals surface area contributed by atoms with E-state index in [9.17, 15) is 4.79 Å². The van der Waals surface area contributed by atoms with Crippen LogP contribution in [-0.4, -0.2) is 44.0 Å². The van der Waals surface area contributed by atoms with Gasteiger partial charge in [-0.15, -0.1) is 0 Å². The molecule has 4 N–H and O–H groups in total. The molecule has 1 aliphatic heterocycles. The predicted molar refractivity (Wildman–Crippen MR) is 104 cm³/mol. The van der Waals surface area contributed by atoms with Crippen molar-refractivity contribution in [1.29, 1.82) is 0 Å². The number of hydrogen-bond acceptors (Lipinski definition) is 4. The van der Waals surface area contributed by atoms with E-state index < -0.39 is 0 Å². The smallest absolute Gasteiger partial charge is 0.233 e. The van der Waals surface area contributed by atoms with Crippen LogP contribution < -0.4 is 21.3 Å². The number of nitrogens with two attached hydrogens (primary N) is 1. The largest absolute Gasteiger partial charge is 0.387 e. The molecule has 0 saturated carbocycles. The molecule has 1 amide bonds. The lowest BCUT2D eigenvalue weighted by Gasteiger charge is -2.34. The zero-order chi connectivity index (χ0) is 18.2. The van der Waals surface area contributed by atoms with Gasteiger partial charge in [-0.25, -0.2) is 4.99 Å². The normalized spacial score (nSPS) is 18.5. The molecule has 25 heavy (non-hydrogen) atoms. The minimum Gasteiger partial charge on any atom is -0.387 e. The highest BCUT2D eigenvalue weighted by Crippen LogP contribution is 2.25. The van der Waals surface area contributed by atoms with Crippen molar-refractivity contribution in [2.45, 2.75) is 39.7 Å². The lowest BCUT2D eigenvalue weighted by molar-refractivity contribution is -0.120. The zero-order valence-corrected chi connectivity index (χ0v) is 15.6. The lowest BCUT2D eigenvalue weighted by Crippen LogP contribution is -2.43. The van der Waals surface area contributed by atoms with Gasteiger partial charge in [-0.1, -0.05) is 13.8 Å². The van der Waals surface area contributed by atoms with Crippen molar-refractivity contribution in [2.75, 3.05) is 31.1 Å². The summed E-state index contributed by atoms with van der Waals surface area (Å²) in [7, 11) is 0. The van der Waals surface area contributed by atoms with Crippen molar-refractivity contribution in [3.63, 3.8) is 0 Å². The first-order valence-corrected chi connectivity index (χ1v) is 9.10. The van der Waals surface area contributed by atoms with Gasteiger partial charge in [0.25, 0.3) is 0 Å². The first kappa shape index (κ1) is 19.2. The fourth-order valence-corrected chi connectivity index (χ4v) is 3.03. The SMILES string of the molecule is CC(N)=Nc1ccc(N2CCCC(CNC(=O)CNC(C)C)C2)cc1. The summed E-state index contributed by atoms with van der Waals surface area (Å²) < 4.78 is 0. The first-order valence-electron chi connectivity index (χ1n) is 9.10.